The summed E-state index contributed by atoms with van der Waals surface area (Å²) in [5, 5.41) is 0. The van der Waals surface area contributed by atoms with Crippen LogP contribution in [0.5, 0.6) is 5.75 Å². The van der Waals surface area contributed by atoms with Crippen molar-refractivity contribution in [3.05, 3.63) is 59.7 Å². The minimum atomic E-state index is -3.65. The van der Waals surface area contributed by atoms with Crippen molar-refractivity contribution in [2.45, 2.75) is 6.54 Å². The highest BCUT2D eigenvalue weighted by Crippen LogP contribution is 2.30. The van der Waals surface area contributed by atoms with E-state index in [-0.39, 0.29) is 12.3 Å². The summed E-state index contributed by atoms with van der Waals surface area (Å²) >= 11 is 0. The van der Waals surface area contributed by atoms with Gasteiger partial charge in [0.2, 0.25) is 10.0 Å². The molecule has 0 amide bonds. The van der Waals surface area contributed by atoms with Crippen LogP contribution in [0.4, 0.5) is 5.69 Å². The number of sulfonamides is 1. The summed E-state index contributed by atoms with van der Waals surface area (Å²) in [4.78, 5) is 12.0. The van der Waals surface area contributed by atoms with Crippen molar-refractivity contribution in [2.24, 2.45) is 0 Å². The van der Waals surface area contributed by atoms with Gasteiger partial charge in [0.05, 0.1) is 19.3 Å². The Morgan fingerprint density at radius 3 is 2.45 bits per heavy atom. The standard InChI is InChI=1S/C16H15NO4S/c1-21-13-8-6-12(7-9-13)10-17-15-5-3-2-4-14(15)16(18)11-22(17,19)20/h2-9H,10-11H2,1H3. The first-order valence-corrected chi connectivity index (χ1v) is 8.38. The summed E-state index contributed by atoms with van der Waals surface area (Å²) in [5.74, 6) is -0.136. The third-order valence-electron chi connectivity index (χ3n) is 3.61. The molecule has 5 nitrogen and oxygen atoms in total. The highest BCUT2D eigenvalue weighted by Gasteiger charge is 2.34. The van der Waals surface area contributed by atoms with E-state index in [0.717, 1.165) is 5.56 Å². The quantitative estimate of drug-likeness (QED) is 0.871. The lowest BCUT2D eigenvalue weighted by molar-refractivity contribution is 0.102. The van der Waals surface area contributed by atoms with Crippen molar-refractivity contribution < 1.29 is 17.9 Å². The number of hydrogen-bond acceptors (Lipinski definition) is 4. The molecule has 6 heteroatoms. The Hall–Kier alpha value is -2.34. The summed E-state index contributed by atoms with van der Waals surface area (Å²) in [6.07, 6.45) is 0. The highest BCUT2D eigenvalue weighted by atomic mass is 32.2. The van der Waals surface area contributed by atoms with Crippen molar-refractivity contribution in [3.8, 4) is 5.75 Å². The number of carbonyl (C=O) groups excluding carboxylic acids is 1. The van der Waals surface area contributed by atoms with E-state index in [1.165, 1.54) is 4.31 Å². The lowest BCUT2D eigenvalue weighted by Crippen LogP contribution is -2.40. The monoisotopic (exact) mass is 317 g/mol. The lowest BCUT2D eigenvalue weighted by Gasteiger charge is -2.29. The summed E-state index contributed by atoms with van der Waals surface area (Å²) in [5.41, 5.74) is 1.72. The predicted octanol–water partition coefficient (Wildman–Crippen LogP) is 2.23. The van der Waals surface area contributed by atoms with E-state index < -0.39 is 15.8 Å². The van der Waals surface area contributed by atoms with E-state index in [2.05, 4.69) is 0 Å². The van der Waals surface area contributed by atoms with Gasteiger partial charge >= 0.3 is 0 Å². The van der Waals surface area contributed by atoms with Gasteiger partial charge in [0, 0.05) is 5.56 Å². The van der Waals surface area contributed by atoms with E-state index in [4.69, 9.17) is 4.74 Å². The second-order valence-corrected chi connectivity index (χ2v) is 6.94. The number of carbonyl (C=O) groups is 1. The molecule has 114 valence electrons. The van der Waals surface area contributed by atoms with E-state index in [1.54, 1.807) is 43.5 Å². The van der Waals surface area contributed by atoms with E-state index in [1.807, 2.05) is 12.1 Å². The first kappa shape index (κ1) is 14.6. The molecule has 0 atom stereocenters. The first-order valence-electron chi connectivity index (χ1n) is 6.77. The van der Waals surface area contributed by atoms with Crippen molar-refractivity contribution in [3.63, 3.8) is 0 Å². The summed E-state index contributed by atoms with van der Waals surface area (Å²) in [7, 11) is -2.07. The van der Waals surface area contributed by atoms with Crippen molar-refractivity contribution in [1.82, 2.24) is 0 Å². The number of nitrogens with zero attached hydrogens (tertiary/aromatic N) is 1. The van der Waals surface area contributed by atoms with Crippen LogP contribution in [0.15, 0.2) is 48.5 Å². The zero-order valence-electron chi connectivity index (χ0n) is 12.0. The van der Waals surface area contributed by atoms with Crippen LogP contribution in [0.2, 0.25) is 0 Å². The Morgan fingerprint density at radius 1 is 1.09 bits per heavy atom. The van der Waals surface area contributed by atoms with Crippen molar-refractivity contribution in [1.29, 1.82) is 0 Å². The van der Waals surface area contributed by atoms with Gasteiger partial charge in [0.1, 0.15) is 11.5 Å². The van der Waals surface area contributed by atoms with Gasteiger partial charge in [-0.1, -0.05) is 24.3 Å². The molecule has 2 aromatic carbocycles. The molecule has 0 bridgehead atoms. The zero-order valence-corrected chi connectivity index (χ0v) is 12.8. The molecule has 2 aromatic rings. The SMILES string of the molecule is COc1ccc(CN2c3ccccc3C(=O)CS2(=O)=O)cc1. The molecule has 0 aliphatic carbocycles. The van der Waals surface area contributed by atoms with Crippen LogP contribution >= 0.6 is 0 Å². The Kier molecular flexibility index (Phi) is 3.62. The van der Waals surface area contributed by atoms with Gasteiger partial charge in [-0.2, -0.15) is 0 Å². The maximum Gasteiger partial charge on any atom is 0.243 e. The van der Waals surface area contributed by atoms with E-state index >= 15 is 0 Å². The smallest absolute Gasteiger partial charge is 0.243 e. The number of Topliss-reactive ketones (excluding diaryl/α,β-unsaturated/α-hetero) is 1. The summed E-state index contributed by atoms with van der Waals surface area (Å²) in [6, 6.07) is 14.0. The molecule has 0 fully saturated rings. The minimum absolute atomic E-state index is 0.191. The number of fused-ring (bicyclic) bond motifs is 1. The molecule has 0 saturated heterocycles. The number of benzene rings is 2. The first-order chi connectivity index (χ1) is 10.5. The number of hydrogen-bond donors (Lipinski definition) is 0. The molecule has 1 heterocycles. The van der Waals surface area contributed by atoms with Crippen LogP contribution < -0.4 is 9.04 Å². The van der Waals surface area contributed by atoms with Crippen LogP contribution in [0, 0.1) is 0 Å². The van der Waals surface area contributed by atoms with Crippen LogP contribution in [-0.4, -0.2) is 27.1 Å². The molecular weight excluding hydrogens is 302 g/mol. The van der Waals surface area contributed by atoms with Gasteiger partial charge in [-0.25, -0.2) is 8.42 Å². The van der Waals surface area contributed by atoms with Gasteiger partial charge in [-0.3, -0.25) is 9.10 Å². The normalized spacial score (nSPS) is 16.2. The summed E-state index contributed by atoms with van der Waals surface area (Å²) in [6.45, 7) is 0.191. The maximum atomic E-state index is 12.4. The van der Waals surface area contributed by atoms with Gasteiger partial charge < -0.3 is 4.74 Å². The molecule has 1 aliphatic rings. The van der Waals surface area contributed by atoms with Crippen LogP contribution in [0.3, 0.4) is 0 Å². The topological polar surface area (TPSA) is 63.7 Å². The predicted molar refractivity (Wildman–Crippen MR) is 83.7 cm³/mol. The van der Waals surface area contributed by atoms with Gasteiger partial charge in [-0.15, -0.1) is 0 Å². The van der Waals surface area contributed by atoms with E-state index in [9.17, 15) is 13.2 Å². The highest BCUT2D eigenvalue weighted by molar-refractivity contribution is 7.93. The van der Waals surface area contributed by atoms with Crippen LogP contribution in [0.1, 0.15) is 15.9 Å². The third-order valence-corrected chi connectivity index (χ3v) is 5.23. The van der Waals surface area contributed by atoms with E-state index in [0.29, 0.717) is 17.0 Å². The number of rotatable bonds is 3. The molecule has 1 aliphatic heterocycles. The largest absolute Gasteiger partial charge is 0.497 e. The number of anilines is 1. The molecule has 3 rings (SSSR count). The fourth-order valence-corrected chi connectivity index (χ4v) is 3.93. The van der Waals surface area contributed by atoms with Gasteiger partial charge in [0.25, 0.3) is 0 Å². The van der Waals surface area contributed by atoms with Gasteiger partial charge in [-0.05, 0) is 29.8 Å². The molecule has 0 N–H and O–H groups in total. The number of ketones is 1. The molecule has 0 saturated carbocycles. The molecule has 0 aromatic heterocycles. The maximum absolute atomic E-state index is 12.4. The number of methoxy groups -OCH3 is 1. The minimum Gasteiger partial charge on any atom is -0.497 e. The molecular formula is C16H15NO4S. The second kappa shape index (κ2) is 5.46. The Bertz CT molecular complexity index is 812. The average molecular weight is 317 g/mol. The second-order valence-electron chi connectivity index (χ2n) is 5.05. The molecule has 0 unspecified atom stereocenters. The summed E-state index contributed by atoms with van der Waals surface area (Å²) < 4.78 is 31.1. The fraction of sp³-hybridized carbons (Fsp3) is 0.188. The number of para-hydroxylation sites is 1. The zero-order chi connectivity index (χ0) is 15.7. The molecule has 22 heavy (non-hydrogen) atoms. The lowest BCUT2D eigenvalue weighted by atomic mass is 10.1. The Morgan fingerprint density at radius 2 is 1.77 bits per heavy atom. The van der Waals surface area contributed by atoms with Crippen molar-refractivity contribution >= 4 is 21.5 Å². The molecule has 0 spiro atoms. The van der Waals surface area contributed by atoms with Crippen LogP contribution in [0.25, 0.3) is 0 Å². The third kappa shape index (κ3) is 2.57. The Balaban J connectivity index is 2.00. The van der Waals surface area contributed by atoms with Crippen LogP contribution in [-0.2, 0) is 16.6 Å². The average Bonchev–Trinajstić information content (AvgIpc) is 2.51. The van der Waals surface area contributed by atoms with Gasteiger partial charge in [0.15, 0.2) is 5.78 Å². The molecule has 0 radical (unpaired) electrons. The van der Waals surface area contributed by atoms with Crippen molar-refractivity contribution in [2.75, 3.05) is 17.2 Å². The fourth-order valence-electron chi connectivity index (χ4n) is 2.48. The number of ether oxygens (including phenoxy) is 1. The Labute approximate surface area is 129 Å².